The molecule has 7 heteroatoms. The summed E-state index contributed by atoms with van der Waals surface area (Å²) in [4.78, 5) is 10.9. The van der Waals surface area contributed by atoms with E-state index in [1.54, 1.807) is 0 Å². The summed E-state index contributed by atoms with van der Waals surface area (Å²) in [6, 6.07) is 5.28. The highest BCUT2D eigenvalue weighted by atomic mass is 32.2. The summed E-state index contributed by atoms with van der Waals surface area (Å²) in [5.41, 5.74) is 5.30. The maximum atomic E-state index is 13.0. The lowest BCUT2D eigenvalue weighted by atomic mass is 10.2. The van der Waals surface area contributed by atoms with Gasteiger partial charge in [-0.15, -0.1) is 6.58 Å². The molecule has 0 saturated heterocycles. The van der Waals surface area contributed by atoms with E-state index in [0.29, 0.717) is 5.56 Å². The third-order valence-electron chi connectivity index (χ3n) is 2.30. The Labute approximate surface area is 111 Å². The lowest BCUT2D eigenvalue weighted by Gasteiger charge is -2.19. The summed E-state index contributed by atoms with van der Waals surface area (Å²) < 4.78 is 38.1. The lowest BCUT2D eigenvalue weighted by Crippen LogP contribution is -2.39. The molecule has 1 aromatic carbocycles. The van der Waals surface area contributed by atoms with Gasteiger partial charge in [0, 0.05) is 6.54 Å². The number of hydrogen-bond donors (Lipinski definition) is 1. The van der Waals surface area contributed by atoms with Crippen LogP contribution in [0.3, 0.4) is 0 Å². The molecule has 0 aliphatic rings. The number of carbonyl (C=O) groups excluding carboxylic acids is 1. The van der Waals surface area contributed by atoms with Gasteiger partial charge in [0.25, 0.3) is 0 Å². The summed E-state index contributed by atoms with van der Waals surface area (Å²) in [5, 5.41) is 0. The van der Waals surface area contributed by atoms with Crippen LogP contribution in [0.5, 0.6) is 0 Å². The van der Waals surface area contributed by atoms with Crippen molar-refractivity contribution in [1.29, 1.82) is 0 Å². The number of nitrogens with zero attached hydrogens (tertiary/aromatic N) is 1. The number of halogens is 1. The fraction of sp³-hybridized carbons (Fsp3) is 0.250. The van der Waals surface area contributed by atoms with Crippen LogP contribution >= 0.6 is 0 Å². The van der Waals surface area contributed by atoms with Crippen LogP contribution in [0.1, 0.15) is 5.56 Å². The Balaban J connectivity index is 2.94. The molecule has 0 aromatic heterocycles. The van der Waals surface area contributed by atoms with Gasteiger partial charge in [0.1, 0.15) is 5.82 Å². The van der Waals surface area contributed by atoms with Crippen molar-refractivity contribution in [3.8, 4) is 0 Å². The largest absolute Gasteiger partial charge is 0.369 e. The van der Waals surface area contributed by atoms with E-state index in [1.165, 1.54) is 24.3 Å². The van der Waals surface area contributed by atoms with Crippen molar-refractivity contribution in [2.24, 2.45) is 5.73 Å². The molecule has 0 radical (unpaired) electrons. The van der Waals surface area contributed by atoms with E-state index in [0.717, 1.165) is 10.4 Å². The second kappa shape index (κ2) is 6.44. The Kier molecular flexibility index (Phi) is 5.20. The first-order valence-electron chi connectivity index (χ1n) is 5.46. The van der Waals surface area contributed by atoms with E-state index in [-0.39, 0.29) is 6.54 Å². The molecule has 5 nitrogen and oxygen atoms in total. The zero-order chi connectivity index (χ0) is 14.5. The molecule has 0 unspecified atom stereocenters. The molecule has 104 valence electrons. The minimum Gasteiger partial charge on any atom is -0.369 e. The predicted molar refractivity (Wildman–Crippen MR) is 70.0 cm³/mol. The highest BCUT2D eigenvalue weighted by molar-refractivity contribution is 7.88. The molecule has 0 fully saturated rings. The van der Waals surface area contributed by atoms with Crippen LogP contribution in [0.15, 0.2) is 36.9 Å². The van der Waals surface area contributed by atoms with Crippen molar-refractivity contribution in [3.05, 3.63) is 48.3 Å². The second-order valence-corrected chi connectivity index (χ2v) is 5.90. The Morgan fingerprint density at radius 1 is 1.47 bits per heavy atom. The summed E-state index contributed by atoms with van der Waals surface area (Å²) in [6.45, 7) is 2.97. The molecule has 1 aromatic rings. The quantitative estimate of drug-likeness (QED) is 0.746. The van der Waals surface area contributed by atoms with E-state index < -0.39 is 34.0 Å². The Morgan fingerprint density at radius 3 is 2.68 bits per heavy atom. The molecule has 19 heavy (non-hydrogen) atoms. The first-order valence-corrected chi connectivity index (χ1v) is 7.07. The minimum absolute atomic E-state index is 0.0272. The average molecular weight is 286 g/mol. The molecule has 0 saturated carbocycles. The molecular formula is C12H15FN2O3S. The zero-order valence-electron chi connectivity index (χ0n) is 10.3. The third-order valence-corrected chi connectivity index (χ3v) is 4.06. The number of sulfonamides is 1. The van der Waals surface area contributed by atoms with E-state index in [2.05, 4.69) is 6.58 Å². The van der Waals surface area contributed by atoms with Crippen molar-refractivity contribution >= 4 is 15.9 Å². The Bertz CT molecular complexity index is 572. The maximum absolute atomic E-state index is 13.0. The van der Waals surface area contributed by atoms with Crippen molar-refractivity contribution in [3.63, 3.8) is 0 Å². The highest BCUT2D eigenvalue weighted by Gasteiger charge is 2.23. The maximum Gasteiger partial charge on any atom is 0.232 e. The van der Waals surface area contributed by atoms with Crippen molar-refractivity contribution in [1.82, 2.24) is 4.31 Å². The first-order chi connectivity index (χ1) is 8.85. The normalized spacial score (nSPS) is 11.5. The van der Waals surface area contributed by atoms with Gasteiger partial charge in [-0.25, -0.2) is 12.8 Å². The smallest absolute Gasteiger partial charge is 0.232 e. The summed E-state index contributed by atoms with van der Waals surface area (Å²) in [5.74, 6) is -1.67. The van der Waals surface area contributed by atoms with Gasteiger partial charge in [-0.05, 0) is 17.7 Å². The molecule has 0 atom stereocenters. The molecule has 1 rings (SSSR count). The number of benzene rings is 1. The molecule has 0 heterocycles. The first kappa shape index (κ1) is 15.3. The van der Waals surface area contributed by atoms with Gasteiger partial charge in [-0.2, -0.15) is 4.31 Å². The topological polar surface area (TPSA) is 80.5 Å². The van der Waals surface area contributed by atoms with E-state index in [1.807, 2.05) is 0 Å². The van der Waals surface area contributed by atoms with Crippen LogP contribution in [0.25, 0.3) is 0 Å². The van der Waals surface area contributed by atoms with Crippen molar-refractivity contribution < 1.29 is 17.6 Å². The zero-order valence-corrected chi connectivity index (χ0v) is 11.1. The average Bonchev–Trinajstić information content (AvgIpc) is 2.27. The molecule has 0 spiro atoms. The van der Waals surface area contributed by atoms with E-state index >= 15 is 0 Å². The van der Waals surface area contributed by atoms with Crippen LogP contribution in [0.2, 0.25) is 0 Å². The van der Waals surface area contributed by atoms with Gasteiger partial charge in [0.2, 0.25) is 15.9 Å². The van der Waals surface area contributed by atoms with Gasteiger partial charge in [0.15, 0.2) is 0 Å². The summed E-state index contributed by atoms with van der Waals surface area (Å²) in [6.07, 6.45) is 1.35. The van der Waals surface area contributed by atoms with Gasteiger partial charge >= 0.3 is 0 Å². The molecule has 0 bridgehead atoms. The summed E-state index contributed by atoms with van der Waals surface area (Å²) >= 11 is 0. The Hall–Kier alpha value is -1.73. The van der Waals surface area contributed by atoms with E-state index in [9.17, 15) is 17.6 Å². The van der Waals surface area contributed by atoms with Crippen LogP contribution < -0.4 is 5.73 Å². The lowest BCUT2D eigenvalue weighted by molar-refractivity contribution is -0.118. The second-order valence-electron chi connectivity index (χ2n) is 3.93. The van der Waals surface area contributed by atoms with Gasteiger partial charge in [-0.1, -0.05) is 18.2 Å². The highest BCUT2D eigenvalue weighted by Crippen LogP contribution is 2.12. The molecule has 1 amide bonds. The molecular weight excluding hydrogens is 271 g/mol. The molecule has 0 aliphatic heterocycles. The van der Waals surface area contributed by atoms with Crippen LogP contribution in [-0.2, 0) is 20.6 Å². The minimum atomic E-state index is -3.75. The fourth-order valence-corrected chi connectivity index (χ4v) is 2.96. The third kappa shape index (κ3) is 4.80. The predicted octanol–water partition coefficient (Wildman–Crippen LogP) is 0.629. The SMILES string of the molecule is C=CCN(CC(N)=O)S(=O)(=O)Cc1cccc(F)c1. The van der Waals surface area contributed by atoms with Gasteiger partial charge in [0.05, 0.1) is 12.3 Å². The number of amides is 1. The van der Waals surface area contributed by atoms with Gasteiger partial charge in [-0.3, -0.25) is 4.79 Å². The Morgan fingerprint density at radius 2 is 2.16 bits per heavy atom. The number of carbonyl (C=O) groups is 1. The molecule has 2 N–H and O–H groups in total. The fourth-order valence-electron chi connectivity index (χ4n) is 1.52. The van der Waals surface area contributed by atoms with E-state index in [4.69, 9.17) is 5.73 Å². The number of nitrogens with two attached hydrogens (primary N) is 1. The van der Waals surface area contributed by atoms with Crippen LogP contribution in [-0.4, -0.2) is 31.7 Å². The molecule has 0 aliphatic carbocycles. The number of rotatable bonds is 7. The number of primary amides is 1. The van der Waals surface area contributed by atoms with Crippen molar-refractivity contribution in [2.75, 3.05) is 13.1 Å². The standard InChI is InChI=1S/C12H15FN2O3S/c1-2-6-15(8-12(14)16)19(17,18)9-10-4-3-5-11(13)7-10/h2-5,7H,1,6,8-9H2,(H2,14,16). The van der Waals surface area contributed by atoms with Crippen LogP contribution in [0.4, 0.5) is 4.39 Å². The monoisotopic (exact) mass is 286 g/mol. The van der Waals surface area contributed by atoms with Gasteiger partial charge < -0.3 is 5.73 Å². The number of hydrogen-bond acceptors (Lipinski definition) is 3. The summed E-state index contributed by atoms with van der Waals surface area (Å²) in [7, 11) is -3.75. The van der Waals surface area contributed by atoms with Crippen LogP contribution in [0, 0.1) is 5.82 Å². The van der Waals surface area contributed by atoms with Crippen molar-refractivity contribution in [2.45, 2.75) is 5.75 Å².